The van der Waals surface area contributed by atoms with Crippen molar-refractivity contribution < 1.29 is 4.79 Å². The summed E-state index contributed by atoms with van der Waals surface area (Å²) in [7, 11) is 1.92. The summed E-state index contributed by atoms with van der Waals surface area (Å²) in [6.45, 7) is 4.26. The minimum absolute atomic E-state index is 0.0653. The molecule has 0 bridgehead atoms. The van der Waals surface area contributed by atoms with Crippen LogP contribution in [0.2, 0.25) is 0 Å². The minimum atomic E-state index is 0.0653. The minimum Gasteiger partial charge on any atom is -0.339 e. The first kappa shape index (κ1) is 18.3. The molecule has 0 radical (unpaired) electrons. The third kappa shape index (κ3) is 4.79. The highest BCUT2D eigenvalue weighted by Crippen LogP contribution is 2.23. The van der Waals surface area contributed by atoms with Gasteiger partial charge in [-0.15, -0.1) is 0 Å². The van der Waals surface area contributed by atoms with Crippen LogP contribution in [0.15, 0.2) is 60.9 Å². The van der Waals surface area contributed by atoms with Crippen LogP contribution in [0.1, 0.15) is 30.9 Å². The quantitative estimate of drug-likeness (QED) is 0.774. The number of piperidine rings is 1. The molecule has 1 aliphatic heterocycles. The standard InChI is InChI=1S/C22H27N3O/c1-18-16-21(12-15-25(18)17-20-6-4-3-5-7-20)24(2)22(26)9-8-19-10-13-23-14-11-19/h3-11,13-14,18,21H,12,15-17H2,1-2H3. The van der Waals surface area contributed by atoms with Gasteiger partial charge in [-0.05, 0) is 49.1 Å². The fourth-order valence-electron chi connectivity index (χ4n) is 3.54. The lowest BCUT2D eigenvalue weighted by molar-refractivity contribution is -0.128. The summed E-state index contributed by atoms with van der Waals surface area (Å²) in [6, 6.07) is 15.2. The molecule has 2 aromatic rings. The van der Waals surface area contributed by atoms with Gasteiger partial charge >= 0.3 is 0 Å². The Morgan fingerprint density at radius 3 is 2.65 bits per heavy atom. The molecule has 1 amide bonds. The fraction of sp³-hybridized carbons (Fsp3) is 0.364. The van der Waals surface area contributed by atoms with E-state index < -0.39 is 0 Å². The van der Waals surface area contributed by atoms with E-state index >= 15 is 0 Å². The van der Waals surface area contributed by atoms with Crippen molar-refractivity contribution in [3.8, 4) is 0 Å². The summed E-state index contributed by atoms with van der Waals surface area (Å²) < 4.78 is 0. The van der Waals surface area contributed by atoms with Gasteiger partial charge in [0.15, 0.2) is 0 Å². The molecule has 1 aromatic carbocycles. The van der Waals surface area contributed by atoms with Crippen LogP contribution in [0.3, 0.4) is 0 Å². The van der Waals surface area contributed by atoms with Gasteiger partial charge in [0.25, 0.3) is 0 Å². The zero-order chi connectivity index (χ0) is 18.4. The molecule has 1 aromatic heterocycles. The van der Waals surface area contributed by atoms with Crippen LogP contribution in [-0.2, 0) is 11.3 Å². The van der Waals surface area contributed by atoms with Crippen LogP contribution in [0.4, 0.5) is 0 Å². The molecule has 4 heteroatoms. The number of amides is 1. The van der Waals surface area contributed by atoms with Gasteiger partial charge in [0.2, 0.25) is 5.91 Å². The molecule has 4 nitrogen and oxygen atoms in total. The summed E-state index contributed by atoms with van der Waals surface area (Å²) in [5, 5.41) is 0. The number of pyridine rings is 1. The van der Waals surface area contributed by atoms with Crippen molar-refractivity contribution >= 4 is 12.0 Å². The molecule has 1 aliphatic rings. The van der Waals surface area contributed by atoms with Gasteiger partial charge in [-0.3, -0.25) is 14.7 Å². The molecular weight excluding hydrogens is 322 g/mol. The second kappa shape index (κ2) is 8.77. The Balaban J connectivity index is 1.54. The molecule has 2 atom stereocenters. The Bertz CT molecular complexity index is 730. The monoisotopic (exact) mass is 349 g/mol. The maximum absolute atomic E-state index is 12.5. The zero-order valence-electron chi connectivity index (χ0n) is 15.6. The van der Waals surface area contributed by atoms with Gasteiger partial charge in [-0.2, -0.15) is 0 Å². The summed E-state index contributed by atoms with van der Waals surface area (Å²) >= 11 is 0. The van der Waals surface area contributed by atoms with Crippen molar-refractivity contribution in [2.24, 2.45) is 0 Å². The Kier molecular flexibility index (Phi) is 6.18. The van der Waals surface area contributed by atoms with Gasteiger partial charge in [0.05, 0.1) is 0 Å². The number of aromatic nitrogens is 1. The predicted molar refractivity (Wildman–Crippen MR) is 105 cm³/mol. The van der Waals surface area contributed by atoms with Crippen molar-refractivity contribution in [1.29, 1.82) is 0 Å². The molecule has 2 heterocycles. The molecule has 0 N–H and O–H groups in total. The molecule has 0 aliphatic carbocycles. The van der Waals surface area contributed by atoms with E-state index in [0.717, 1.165) is 31.5 Å². The Morgan fingerprint density at radius 2 is 1.96 bits per heavy atom. The second-order valence-electron chi connectivity index (χ2n) is 7.05. The topological polar surface area (TPSA) is 36.4 Å². The van der Waals surface area contributed by atoms with Gasteiger partial charge in [0, 0.05) is 50.7 Å². The van der Waals surface area contributed by atoms with Gasteiger partial charge in [-0.25, -0.2) is 0 Å². The van der Waals surface area contributed by atoms with Crippen LogP contribution >= 0.6 is 0 Å². The highest BCUT2D eigenvalue weighted by Gasteiger charge is 2.29. The lowest BCUT2D eigenvalue weighted by Gasteiger charge is -2.41. The Hall–Kier alpha value is -2.46. The number of hydrogen-bond acceptors (Lipinski definition) is 3. The average Bonchev–Trinajstić information content (AvgIpc) is 2.68. The molecule has 1 fully saturated rings. The Labute approximate surface area is 156 Å². The zero-order valence-corrected chi connectivity index (χ0v) is 15.6. The van der Waals surface area contributed by atoms with Crippen LogP contribution in [0.5, 0.6) is 0 Å². The number of benzene rings is 1. The first-order chi connectivity index (χ1) is 12.6. The maximum Gasteiger partial charge on any atom is 0.246 e. The largest absolute Gasteiger partial charge is 0.339 e. The highest BCUT2D eigenvalue weighted by atomic mass is 16.2. The smallest absolute Gasteiger partial charge is 0.246 e. The van der Waals surface area contributed by atoms with E-state index in [-0.39, 0.29) is 5.91 Å². The van der Waals surface area contributed by atoms with Crippen molar-refractivity contribution in [3.05, 3.63) is 72.1 Å². The van der Waals surface area contributed by atoms with Crippen LogP contribution in [-0.4, -0.2) is 46.4 Å². The SMILES string of the molecule is CC1CC(N(C)C(=O)C=Cc2ccncc2)CCN1Cc1ccccc1. The van der Waals surface area contributed by atoms with Gasteiger partial charge in [0.1, 0.15) is 0 Å². The van der Waals surface area contributed by atoms with E-state index in [4.69, 9.17) is 0 Å². The number of likely N-dealkylation sites (N-methyl/N-ethyl adjacent to an activating group) is 1. The summed E-state index contributed by atoms with van der Waals surface area (Å²) in [5.74, 6) is 0.0653. The molecule has 0 saturated carbocycles. The lowest BCUT2D eigenvalue weighted by Crippen LogP contribution is -2.48. The molecule has 26 heavy (non-hydrogen) atoms. The maximum atomic E-state index is 12.5. The van der Waals surface area contributed by atoms with Crippen LogP contribution in [0.25, 0.3) is 6.08 Å². The van der Waals surface area contributed by atoms with E-state index in [9.17, 15) is 4.79 Å². The van der Waals surface area contributed by atoms with E-state index in [2.05, 4.69) is 47.1 Å². The number of carbonyl (C=O) groups excluding carboxylic acids is 1. The lowest BCUT2D eigenvalue weighted by atomic mass is 9.96. The van der Waals surface area contributed by atoms with E-state index in [1.165, 1.54) is 5.56 Å². The van der Waals surface area contributed by atoms with E-state index in [1.54, 1.807) is 18.5 Å². The van der Waals surface area contributed by atoms with Gasteiger partial charge in [-0.1, -0.05) is 30.3 Å². The third-order valence-electron chi connectivity index (χ3n) is 5.23. The second-order valence-corrected chi connectivity index (χ2v) is 7.05. The molecule has 136 valence electrons. The highest BCUT2D eigenvalue weighted by molar-refractivity contribution is 5.91. The molecule has 0 spiro atoms. The van der Waals surface area contributed by atoms with Crippen molar-refractivity contribution in [1.82, 2.24) is 14.8 Å². The van der Waals surface area contributed by atoms with Crippen LogP contribution < -0.4 is 0 Å². The van der Waals surface area contributed by atoms with Crippen LogP contribution in [0, 0.1) is 0 Å². The number of nitrogens with zero attached hydrogens (tertiary/aromatic N) is 3. The third-order valence-corrected chi connectivity index (χ3v) is 5.23. The normalized spacial score (nSPS) is 21.0. The number of hydrogen-bond donors (Lipinski definition) is 0. The number of carbonyl (C=O) groups is 1. The summed E-state index contributed by atoms with van der Waals surface area (Å²) in [5.41, 5.74) is 2.34. The molecule has 3 rings (SSSR count). The Morgan fingerprint density at radius 1 is 1.23 bits per heavy atom. The summed E-state index contributed by atoms with van der Waals surface area (Å²) in [4.78, 5) is 20.9. The van der Waals surface area contributed by atoms with Crippen molar-refractivity contribution in [2.75, 3.05) is 13.6 Å². The van der Waals surface area contributed by atoms with Crippen molar-refractivity contribution in [2.45, 2.75) is 38.4 Å². The molecule has 2 unspecified atom stereocenters. The molecular formula is C22H27N3O. The van der Waals surface area contributed by atoms with Gasteiger partial charge < -0.3 is 4.90 Å². The van der Waals surface area contributed by atoms with E-state index in [1.807, 2.05) is 30.2 Å². The number of rotatable bonds is 5. The van der Waals surface area contributed by atoms with E-state index in [0.29, 0.717) is 12.1 Å². The first-order valence-corrected chi connectivity index (χ1v) is 9.26. The fourth-order valence-corrected chi connectivity index (χ4v) is 3.54. The predicted octanol–water partition coefficient (Wildman–Crippen LogP) is 3.61. The number of likely N-dealkylation sites (tertiary alicyclic amines) is 1. The van der Waals surface area contributed by atoms with Crippen molar-refractivity contribution in [3.63, 3.8) is 0 Å². The molecule has 1 saturated heterocycles. The summed E-state index contributed by atoms with van der Waals surface area (Å²) in [6.07, 6.45) is 9.02. The average molecular weight is 349 g/mol. The first-order valence-electron chi connectivity index (χ1n) is 9.26.